The van der Waals surface area contributed by atoms with Crippen molar-refractivity contribution in [1.29, 1.82) is 0 Å². The van der Waals surface area contributed by atoms with E-state index >= 15 is 0 Å². The average molecular weight is 222 g/mol. The van der Waals surface area contributed by atoms with Gasteiger partial charge < -0.3 is 0 Å². The van der Waals surface area contributed by atoms with Gasteiger partial charge in [-0.05, 0) is 12.8 Å². The largest absolute Gasteiger partial charge is 0.392 e. The summed E-state index contributed by atoms with van der Waals surface area (Å²) >= 11 is 0. The highest BCUT2D eigenvalue weighted by molar-refractivity contribution is 4.83. The van der Waals surface area contributed by atoms with Crippen LogP contribution in [0, 0.1) is 0 Å². The van der Waals surface area contributed by atoms with Gasteiger partial charge in [0.2, 0.25) is 0 Å². The summed E-state index contributed by atoms with van der Waals surface area (Å²) in [6.45, 7) is 2.17. The Bertz CT molecular complexity index is 159. The third kappa shape index (κ3) is 13.5. The Kier molecular flexibility index (Phi) is 8.53. The summed E-state index contributed by atoms with van der Waals surface area (Å²) in [5.41, 5.74) is 0. The van der Waals surface area contributed by atoms with E-state index in [1.807, 2.05) is 0 Å². The number of allylic oxidation sites excluding steroid dienone is 2. The molecule has 15 heavy (non-hydrogen) atoms. The van der Waals surface area contributed by atoms with Gasteiger partial charge in [-0.15, -0.1) is 0 Å². The average Bonchev–Trinajstić information content (AvgIpc) is 2.14. The summed E-state index contributed by atoms with van der Waals surface area (Å²) in [5.74, 6) is 0. The molecule has 0 bridgehead atoms. The Balaban J connectivity index is 3.17. The smallest absolute Gasteiger partial charge is 0.171 e. The minimum Gasteiger partial charge on any atom is -0.171 e. The molecule has 0 aliphatic rings. The van der Waals surface area contributed by atoms with Crippen LogP contribution in [0.5, 0.6) is 0 Å². The standard InChI is InChI=1S/C12H21F3/c1-2-3-4-5-6-7-8-9-10-11-12(13,14)15/h9-10H,2-8,11H2,1H3/b10-9+. The Morgan fingerprint density at radius 1 is 0.867 bits per heavy atom. The van der Waals surface area contributed by atoms with Crippen molar-refractivity contribution in [2.24, 2.45) is 0 Å². The lowest BCUT2D eigenvalue weighted by molar-refractivity contribution is -0.125. The van der Waals surface area contributed by atoms with E-state index in [9.17, 15) is 13.2 Å². The molecule has 0 nitrogen and oxygen atoms in total. The second-order valence-corrected chi connectivity index (χ2v) is 3.85. The molecule has 90 valence electrons. The SMILES string of the molecule is CCCCCCCC/C=C/CC(F)(F)F. The third-order valence-electron chi connectivity index (χ3n) is 2.24. The van der Waals surface area contributed by atoms with E-state index in [4.69, 9.17) is 0 Å². The fourth-order valence-corrected chi connectivity index (χ4v) is 1.38. The number of rotatable bonds is 8. The predicted molar refractivity (Wildman–Crippen MR) is 57.8 cm³/mol. The van der Waals surface area contributed by atoms with Crippen LogP contribution in [-0.2, 0) is 0 Å². The third-order valence-corrected chi connectivity index (χ3v) is 2.24. The van der Waals surface area contributed by atoms with Gasteiger partial charge in [-0.2, -0.15) is 13.2 Å². The summed E-state index contributed by atoms with van der Waals surface area (Å²) in [7, 11) is 0. The van der Waals surface area contributed by atoms with Gasteiger partial charge in [0.25, 0.3) is 0 Å². The molecule has 0 unspecified atom stereocenters. The van der Waals surface area contributed by atoms with E-state index < -0.39 is 12.6 Å². The first kappa shape index (κ1) is 14.5. The van der Waals surface area contributed by atoms with Crippen molar-refractivity contribution in [2.45, 2.75) is 64.5 Å². The highest BCUT2D eigenvalue weighted by Gasteiger charge is 2.24. The summed E-state index contributed by atoms with van der Waals surface area (Å²) < 4.78 is 35.2. The normalized spacial score (nSPS) is 12.5. The zero-order valence-electron chi connectivity index (χ0n) is 9.45. The zero-order valence-corrected chi connectivity index (χ0v) is 9.45. The summed E-state index contributed by atoms with van der Waals surface area (Å²) in [6, 6.07) is 0. The Hall–Kier alpha value is -0.470. The van der Waals surface area contributed by atoms with Crippen molar-refractivity contribution in [3.05, 3.63) is 12.2 Å². The molecular weight excluding hydrogens is 201 g/mol. The van der Waals surface area contributed by atoms with Crippen LogP contribution >= 0.6 is 0 Å². The monoisotopic (exact) mass is 222 g/mol. The lowest BCUT2D eigenvalue weighted by Crippen LogP contribution is -2.03. The molecule has 0 saturated heterocycles. The maximum absolute atomic E-state index is 11.7. The highest BCUT2D eigenvalue weighted by atomic mass is 19.4. The lowest BCUT2D eigenvalue weighted by Gasteiger charge is -2.00. The van der Waals surface area contributed by atoms with E-state index in [0.29, 0.717) is 0 Å². The van der Waals surface area contributed by atoms with Gasteiger partial charge in [0.05, 0.1) is 6.42 Å². The van der Waals surface area contributed by atoms with Crippen molar-refractivity contribution >= 4 is 0 Å². The second kappa shape index (κ2) is 8.81. The van der Waals surface area contributed by atoms with Gasteiger partial charge in [-0.3, -0.25) is 0 Å². The van der Waals surface area contributed by atoms with Gasteiger partial charge in [0.15, 0.2) is 0 Å². The fourth-order valence-electron chi connectivity index (χ4n) is 1.38. The van der Waals surface area contributed by atoms with Crippen LogP contribution in [0.4, 0.5) is 13.2 Å². The number of halogens is 3. The Labute approximate surface area is 90.6 Å². The Morgan fingerprint density at radius 3 is 2.07 bits per heavy atom. The zero-order chi connectivity index (χ0) is 11.6. The highest BCUT2D eigenvalue weighted by Crippen LogP contribution is 2.19. The van der Waals surface area contributed by atoms with Crippen LogP contribution in [-0.4, -0.2) is 6.18 Å². The van der Waals surface area contributed by atoms with Gasteiger partial charge in [0.1, 0.15) is 0 Å². The van der Waals surface area contributed by atoms with Crippen LogP contribution < -0.4 is 0 Å². The molecule has 0 spiro atoms. The lowest BCUT2D eigenvalue weighted by atomic mass is 10.1. The van der Waals surface area contributed by atoms with E-state index in [2.05, 4.69) is 6.92 Å². The molecule has 0 radical (unpaired) electrons. The van der Waals surface area contributed by atoms with Gasteiger partial charge in [-0.25, -0.2) is 0 Å². The van der Waals surface area contributed by atoms with Crippen molar-refractivity contribution in [3.8, 4) is 0 Å². The van der Waals surface area contributed by atoms with Crippen molar-refractivity contribution < 1.29 is 13.2 Å². The summed E-state index contributed by atoms with van der Waals surface area (Å²) in [5, 5.41) is 0. The van der Waals surface area contributed by atoms with Crippen LogP contribution in [0.25, 0.3) is 0 Å². The molecular formula is C12H21F3. The molecule has 0 rings (SSSR count). The van der Waals surface area contributed by atoms with Gasteiger partial charge in [0, 0.05) is 0 Å². The maximum Gasteiger partial charge on any atom is 0.392 e. The van der Waals surface area contributed by atoms with Crippen LogP contribution in [0.3, 0.4) is 0 Å². The van der Waals surface area contributed by atoms with Crippen molar-refractivity contribution in [2.75, 3.05) is 0 Å². The first-order valence-corrected chi connectivity index (χ1v) is 5.78. The van der Waals surface area contributed by atoms with E-state index in [-0.39, 0.29) is 0 Å². The molecule has 0 aromatic rings. The molecule has 0 amide bonds. The quantitative estimate of drug-likeness (QED) is 0.389. The van der Waals surface area contributed by atoms with Gasteiger partial charge >= 0.3 is 6.18 Å². The number of hydrogen-bond donors (Lipinski definition) is 0. The first-order chi connectivity index (χ1) is 7.06. The minimum absolute atomic E-state index is 0.780. The van der Waals surface area contributed by atoms with E-state index in [1.165, 1.54) is 31.8 Å². The number of unbranched alkanes of at least 4 members (excludes halogenated alkanes) is 6. The minimum atomic E-state index is -4.04. The van der Waals surface area contributed by atoms with E-state index in [1.54, 1.807) is 6.08 Å². The second-order valence-electron chi connectivity index (χ2n) is 3.85. The Morgan fingerprint density at radius 2 is 1.47 bits per heavy atom. The molecule has 0 fully saturated rings. The van der Waals surface area contributed by atoms with Gasteiger partial charge in [-0.1, -0.05) is 51.2 Å². The summed E-state index contributed by atoms with van der Waals surface area (Å²) in [6.07, 6.45) is 5.93. The molecule has 0 N–H and O–H groups in total. The molecule has 0 atom stereocenters. The molecule has 0 saturated carbocycles. The van der Waals surface area contributed by atoms with Crippen LogP contribution in [0.15, 0.2) is 12.2 Å². The first-order valence-electron chi connectivity index (χ1n) is 5.78. The topological polar surface area (TPSA) is 0 Å². The molecule has 0 aliphatic heterocycles. The molecule has 0 aromatic carbocycles. The molecule has 3 heteroatoms. The molecule has 0 heterocycles. The van der Waals surface area contributed by atoms with Crippen LogP contribution in [0.1, 0.15) is 58.3 Å². The van der Waals surface area contributed by atoms with E-state index in [0.717, 1.165) is 19.3 Å². The van der Waals surface area contributed by atoms with Crippen molar-refractivity contribution in [1.82, 2.24) is 0 Å². The maximum atomic E-state index is 11.7. The fraction of sp³-hybridized carbons (Fsp3) is 0.833. The summed E-state index contributed by atoms with van der Waals surface area (Å²) in [4.78, 5) is 0. The predicted octanol–water partition coefficient (Wildman–Crippen LogP) is 5.25. The van der Waals surface area contributed by atoms with Crippen molar-refractivity contribution in [3.63, 3.8) is 0 Å². The molecule has 0 aromatic heterocycles. The number of hydrogen-bond acceptors (Lipinski definition) is 0. The number of alkyl halides is 3. The molecule has 0 aliphatic carbocycles. The van der Waals surface area contributed by atoms with Crippen LogP contribution in [0.2, 0.25) is 0 Å².